The lowest BCUT2D eigenvalue weighted by Crippen LogP contribution is -2.26. The van der Waals surface area contributed by atoms with Gasteiger partial charge in [-0.25, -0.2) is 4.39 Å². The zero-order chi connectivity index (χ0) is 15.2. The Morgan fingerprint density at radius 3 is 2.33 bits per heavy atom. The molecule has 118 valence electrons. The maximum Gasteiger partial charge on any atom is 0.123 e. The van der Waals surface area contributed by atoms with Crippen LogP contribution >= 0.6 is 0 Å². The third-order valence-corrected chi connectivity index (χ3v) is 4.84. The minimum Gasteiger partial charge on any atom is -0.310 e. The Kier molecular flexibility index (Phi) is 6.22. The number of rotatable bonds is 6. The van der Waals surface area contributed by atoms with Gasteiger partial charge in [-0.05, 0) is 68.0 Å². The second-order valence-corrected chi connectivity index (χ2v) is 6.70. The third kappa shape index (κ3) is 4.54. The molecule has 0 heterocycles. The molecule has 0 amide bonds. The van der Waals surface area contributed by atoms with E-state index in [2.05, 4.69) is 12.2 Å². The number of hydrogen-bond donors (Lipinski definition) is 1. The van der Waals surface area contributed by atoms with Gasteiger partial charge in [0.2, 0.25) is 0 Å². The number of halogens is 1. The topological polar surface area (TPSA) is 12.0 Å². The molecule has 0 radical (unpaired) electrons. The molecule has 0 saturated heterocycles. The summed E-state index contributed by atoms with van der Waals surface area (Å²) in [7, 11) is 0. The predicted octanol–water partition coefficient (Wildman–Crippen LogP) is 5.45. The highest BCUT2D eigenvalue weighted by Crippen LogP contribution is 2.34. The largest absolute Gasteiger partial charge is 0.310 e. The van der Waals surface area contributed by atoms with E-state index in [1.54, 1.807) is 12.1 Å². The molecule has 1 aromatic rings. The first-order valence-electron chi connectivity index (χ1n) is 8.61. The standard InChI is InChI=1S/C19H30FN/c1-4-10-21-18(13-16-8-6-5-7-9-16)19-14(2)11-17(20)12-15(19)3/h11-12,16,18,21H,4-10,13H2,1-3H3. The Balaban J connectivity index is 2.18. The Bertz CT molecular complexity index is 426. The lowest BCUT2D eigenvalue weighted by atomic mass is 9.81. The molecule has 1 unspecified atom stereocenters. The highest BCUT2D eigenvalue weighted by atomic mass is 19.1. The Labute approximate surface area is 129 Å². The van der Waals surface area contributed by atoms with Crippen molar-refractivity contribution in [3.8, 4) is 0 Å². The maximum atomic E-state index is 13.6. The van der Waals surface area contributed by atoms with E-state index in [0.717, 1.165) is 30.0 Å². The monoisotopic (exact) mass is 291 g/mol. The zero-order valence-electron chi connectivity index (χ0n) is 13.8. The van der Waals surface area contributed by atoms with Crippen molar-refractivity contribution in [2.24, 2.45) is 5.92 Å². The Hall–Kier alpha value is -0.890. The van der Waals surface area contributed by atoms with E-state index in [4.69, 9.17) is 0 Å². The van der Waals surface area contributed by atoms with Gasteiger partial charge >= 0.3 is 0 Å². The van der Waals surface area contributed by atoms with Gasteiger partial charge in [-0.2, -0.15) is 0 Å². The first-order chi connectivity index (χ1) is 10.1. The van der Waals surface area contributed by atoms with E-state index in [0.29, 0.717) is 6.04 Å². The number of nitrogens with one attached hydrogen (secondary N) is 1. The van der Waals surface area contributed by atoms with Gasteiger partial charge in [0.05, 0.1) is 0 Å². The summed E-state index contributed by atoms with van der Waals surface area (Å²) in [6.45, 7) is 7.34. The molecule has 0 bridgehead atoms. The van der Waals surface area contributed by atoms with Crippen molar-refractivity contribution in [1.82, 2.24) is 5.32 Å². The molecule has 1 aliphatic carbocycles. The second-order valence-electron chi connectivity index (χ2n) is 6.70. The van der Waals surface area contributed by atoms with Crippen molar-refractivity contribution in [2.75, 3.05) is 6.54 Å². The highest BCUT2D eigenvalue weighted by Gasteiger charge is 2.22. The first kappa shape index (κ1) is 16.5. The summed E-state index contributed by atoms with van der Waals surface area (Å²) < 4.78 is 13.6. The van der Waals surface area contributed by atoms with Crippen molar-refractivity contribution in [1.29, 1.82) is 0 Å². The van der Waals surface area contributed by atoms with Gasteiger partial charge in [0, 0.05) is 6.04 Å². The second kappa shape index (κ2) is 7.93. The predicted molar refractivity (Wildman–Crippen MR) is 88.1 cm³/mol. The molecule has 1 aliphatic rings. The van der Waals surface area contributed by atoms with Crippen molar-refractivity contribution in [3.63, 3.8) is 0 Å². The van der Waals surface area contributed by atoms with Crippen molar-refractivity contribution >= 4 is 0 Å². The molecule has 0 aliphatic heterocycles. The molecule has 1 nitrogen and oxygen atoms in total. The Morgan fingerprint density at radius 1 is 1.14 bits per heavy atom. The van der Waals surface area contributed by atoms with E-state index in [1.165, 1.54) is 44.1 Å². The molecular weight excluding hydrogens is 261 g/mol. The van der Waals surface area contributed by atoms with Crippen LogP contribution in [0.1, 0.15) is 74.6 Å². The van der Waals surface area contributed by atoms with E-state index < -0.39 is 0 Å². The molecule has 0 aromatic heterocycles. The van der Waals surface area contributed by atoms with Crippen LogP contribution in [0, 0.1) is 25.6 Å². The van der Waals surface area contributed by atoms with Crippen molar-refractivity contribution < 1.29 is 4.39 Å². The fourth-order valence-corrected chi connectivity index (χ4v) is 3.85. The van der Waals surface area contributed by atoms with Crippen LogP contribution in [0.5, 0.6) is 0 Å². The van der Waals surface area contributed by atoms with Crippen LogP contribution in [0.25, 0.3) is 0 Å². The van der Waals surface area contributed by atoms with Gasteiger partial charge in [-0.15, -0.1) is 0 Å². The van der Waals surface area contributed by atoms with Crippen molar-refractivity contribution in [3.05, 3.63) is 34.6 Å². The molecule has 2 heteroatoms. The minimum atomic E-state index is -0.111. The summed E-state index contributed by atoms with van der Waals surface area (Å²) in [5.41, 5.74) is 3.52. The summed E-state index contributed by atoms with van der Waals surface area (Å²) in [5, 5.41) is 3.71. The van der Waals surface area contributed by atoms with Crippen LogP contribution < -0.4 is 5.32 Å². The van der Waals surface area contributed by atoms with Crippen LogP contribution in [0.3, 0.4) is 0 Å². The highest BCUT2D eigenvalue weighted by molar-refractivity contribution is 5.37. The summed E-state index contributed by atoms with van der Waals surface area (Å²) in [6.07, 6.45) is 9.23. The van der Waals surface area contributed by atoms with Gasteiger partial charge in [-0.1, -0.05) is 39.0 Å². The number of aryl methyl sites for hydroxylation is 2. The molecule has 1 atom stereocenters. The molecule has 2 rings (SSSR count). The van der Waals surface area contributed by atoms with Crippen LogP contribution in [-0.2, 0) is 0 Å². The summed E-state index contributed by atoms with van der Waals surface area (Å²) >= 11 is 0. The summed E-state index contributed by atoms with van der Waals surface area (Å²) in [5.74, 6) is 0.720. The van der Waals surface area contributed by atoms with Crippen LogP contribution in [-0.4, -0.2) is 6.54 Å². The average molecular weight is 291 g/mol. The zero-order valence-corrected chi connectivity index (χ0v) is 13.8. The minimum absolute atomic E-state index is 0.111. The van der Waals surface area contributed by atoms with Crippen molar-refractivity contribution in [2.45, 2.75) is 71.8 Å². The van der Waals surface area contributed by atoms with Gasteiger partial charge < -0.3 is 5.32 Å². The normalized spacial score (nSPS) is 17.9. The van der Waals surface area contributed by atoms with Gasteiger partial charge in [0.25, 0.3) is 0 Å². The lowest BCUT2D eigenvalue weighted by Gasteiger charge is -2.29. The van der Waals surface area contributed by atoms with Crippen LogP contribution in [0.4, 0.5) is 4.39 Å². The van der Waals surface area contributed by atoms with Crippen LogP contribution in [0.15, 0.2) is 12.1 Å². The smallest absolute Gasteiger partial charge is 0.123 e. The van der Waals surface area contributed by atoms with Gasteiger partial charge in [0.15, 0.2) is 0 Å². The third-order valence-electron chi connectivity index (χ3n) is 4.84. The van der Waals surface area contributed by atoms with Gasteiger partial charge in [0.1, 0.15) is 5.82 Å². The van der Waals surface area contributed by atoms with E-state index in [9.17, 15) is 4.39 Å². The van der Waals surface area contributed by atoms with E-state index >= 15 is 0 Å². The Morgan fingerprint density at radius 2 is 1.76 bits per heavy atom. The summed E-state index contributed by atoms with van der Waals surface area (Å²) in [6, 6.07) is 3.75. The lowest BCUT2D eigenvalue weighted by molar-refractivity contribution is 0.299. The quantitative estimate of drug-likeness (QED) is 0.734. The molecule has 1 aromatic carbocycles. The molecule has 0 spiro atoms. The van der Waals surface area contributed by atoms with E-state index in [1.807, 2.05) is 13.8 Å². The number of benzene rings is 1. The van der Waals surface area contributed by atoms with Gasteiger partial charge in [-0.3, -0.25) is 0 Å². The summed E-state index contributed by atoms with van der Waals surface area (Å²) in [4.78, 5) is 0. The molecule has 1 saturated carbocycles. The molecule has 1 fully saturated rings. The molecule has 21 heavy (non-hydrogen) atoms. The fraction of sp³-hybridized carbons (Fsp3) is 0.684. The SMILES string of the molecule is CCCNC(CC1CCCCC1)c1c(C)cc(F)cc1C. The first-order valence-corrected chi connectivity index (χ1v) is 8.61. The van der Waals surface area contributed by atoms with E-state index in [-0.39, 0.29) is 5.82 Å². The van der Waals surface area contributed by atoms with Crippen LogP contribution in [0.2, 0.25) is 0 Å². The molecule has 1 N–H and O–H groups in total. The molecular formula is C19H30FN. The maximum absolute atomic E-state index is 13.6. The fourth-order valence-electron chi connectivity index (χ4n) is 3.85. The number of hydrogen-bond acceptors (Lipinski definition) is 1. The average Bonchev–Trinajstić information content (AvgIpc) is 2.44.